The van der Waals surface area contributed by atoms with Crippen LogP contribution >= 0.6 is 0 Å². The highest BCUT2D eigenvalue weighted by molar-refractivity contribution is 6.01. The van der Waals surface area contributed by atoms with Gasteiger partial charge < -0.3 is 15.0 Å². The van der Waals surface area contributed by atoms with Crippen LogP contribution in [0, 0.1) is 13.8 Å². The summed E-state index contributed by atoms with van der Waals surface area (Å²) in [6.07, 6.45) is -3.11. The van der Waals surface area contributed by atoms with Crippen LogP contribution in [-0.2, 0) is 6.54 Å². The van der Waals surface area contributed by atoms with Crippen LogP contribution in [0.4, 0.5) is 13.2 Å². The van der Waals surface area contributed by atoms with Crippen molar-refractivity contribution in [2.45, 2.75) is 26.6 Å². The van der Waals surface area contributed by atoms with Crippen molar-refractivity contribution in [1.82, 2.24) is 9.55 Å². The van der Waals surface area contributed by atoms with Gasteiger partial charge in [0, 0.05) is 11.6 Å². The van der Waals surface area contributed by atoms with Gasteiger partial charge in [0.05, 0.1) is 7.11 Å². The minimum atomic E-state index is -4.42. The number of hydrogen-bond donors (Lipinski definition) is 1. The molecular weight excluding hydrogens is 359 g/mol. The average Bonchev–Trinajstić information content (AvgIpc) is 2.96. The summed E-state index contributed by atoms with van der Waals surface area (Å²) in [5.41, 5.74) is 8.39. The predicted octanol–water partition coefficient (Wildman–Crippen LogP) is 3.99. The van der Waals surface area contributed by atoms with Crippen LogP contribution in [0.2, 0.25) is 0 Å². The number of ether oxygens (including phenoxy) is 1. The van der Waals surface area contributed by atoms with Crippen molar-refractivity contribution in [3.63, 3.8) is 0 Å². The van der Waals surface area contributed by atoms with Gasteiger partial charge in [-0.2, -0.15) is 13.2 Å². The van der Waals surface area contributed by atoms with Crippen LogP contribution in [0.25, 0.3) is 22.2 Å². The summed E-state index contributed by atoms with van der Waals surface area (Å²) in [7, 11) is 1.54. The molecule has 142 valence electrons. The Morgan fingerprint density at radius 1 is 1.26 bits per heavy atom. The molecule has 1 amide bonds. The van der Waals surface area contributed by atoms with Crippen molar-refractivity contribution >= 4 is 16.9 Å². The minimum Gasteiger partial charge on any atom is -0.496 e. The molecule has 5 nitrogen and oxygen atoms in total. The predicted molar refractivity (Wildman–Crippen MR) is 95.8 cm³/mol. The van der Waals surface area contributed by atoms with Crippen LogP contribution < -0.4 is 10.5 Å². The Balaban J connectivity index is 2.36. The van der Waals surface area contributed by atoms with Crippen LogP contribution in [0.3, 0.4) is 0 Å². The number of fused-ring (bicyclic) bond motifs is 1. The SMILES string of the molecule is COc1ccc(C)c(-c2cc(C(N)=O)nc3c2ccn3CC(F)(F)F)c1C. The molecule has 3 aromatic rings. The van der Waals surface area contributed by atoms with E-state index in [-0.39, 0.29) is 11.3 Å². The fraction of sp³-hybridized carbons (Fsp3) is 0.263. The third kappa shape index (κ3) is 3.47. The molecule has 27 heavy (non-hydrogen) atoms. The highest BCUT2D eigenvalue weighted by Crippen LogP contribution is 2.37. The molecule has 0 aliphatic heterocycles. The van der Waals surface area contributed by atoms with E-state index in [1.807, 2.05) is 26.0 Å². The summed E-state index contributed by atoms with van der Waals surface area (Å²) in [6, 6.07) is 6.74. The van der Waals surface area contributed by atoms with Crippen LogP contribution in [0.5, 0.6) is 5.75 Å². The van der Waals surface area contributed by atoms with E-state index in [0.29, 0.717) is 16.7 Å². The van der Waals surface area contributed by atoms with E-state index in [9.17, 15) is 18.0 Å². The Labute approximate surface area is 153 Å². The topological polar surface area (TPSA) is 70.1 Å². The molecule has 0 bridgehead atoms. The van der Waals surface area contributed by atoms with Crippen molar-refractivity contribution in [2.24, 2.45) is 5.73 Å². The van der Waals surface area contributed by atoms with Gasteiger partial charge in [-0.15, -0.1) is 0 Å². The number of amides is 1. The maximum Gasteiger partial charge on any atom is 0.406 e. The number of primary amides is 1. The normalized spacial score (nSPS) is 11.8. The van der Waals surface area contributed by atoms with E-state index in [1.54, 1.807) is 6.07 Å². The molecule has 8 heteroatoms. The Bertz CT molecular complexity index is 1040. The molecule has 0 unspecified atom stereocenters. The third-order valence-electron chi connectivity index (χ3n) is 4.45. The number of halogens is 3. The Kier molecular flexibility index (Phi) is 4.59. The molecule has 0 spiro atoms. The van der Waals surface area contributed by atoms with Gasteiger partial charge in [0.25, 0.3) is 5.91 Å². The summed E-state index contributed by atoms with van der Waals surface area (Å²) in [5.74, 6) is -0.174. The lowest BCUT2D eigenvalue weighted by Crippen LogP contribution is -2.18. The molecule has 0 aliphatic rings. The van der Waals surface area contributed by atoms with Crippen LogP contribution in [0.15, 0.2) is 30.5 Å². The number of carbonyl (C=O) groups is 1. The Morgan fingerprint density at radius 3 is 2.56 bits per heavy atom. The van der Waals surface area contributed by atoms with Crippen molar-refractivity contribution in [3.05, 3.63) is 47.3 Å². The highest BCUT2D eigenvalue weighted by Gasteiger charge is 2.29. The third-order valence-corrected chi connectivity index (χ3v) is 4.45. The van der Waals surface area contributed by atoms with Gasteiger partial charge in [-0.3, -0.25) is 4.79 Å². The molecule has 0 saturated heterocycles. The maximum absolute atomic E-state index is 12.9. The molecule has 0 saturated carbocycles. The zero-order chi connectivity index (χ0) is 19.9. The standard InChI is InChI=1S/C19H18F3N3O2/c1-10-4-5-15(27-3)11(2)16(10)13-8-14(17(23)26)24-18-12(13)6-7-25(18)9-19(20,21)22/h4-8H,9H2,1-3H3,(H2,23,26). The molecule has 1 aromatic carbocycles. The number of rotatable bonds is 4. The molecule has 0 radical (unpaired) electrons. The fourth-order valence-corrected chi connectivity index (χ4v) is 3.28. The zero-order valence-electron chi connectivity index (χ0n) is 15.0. The monoisotopic (exact) mass is 377 g/mol. The molecular formula is C19H18F3N3O2. The first kappa shape index (κ1) is 18.8. The lowest BCUT2D eigenvalue weighted by molar-refractivity contribution is -0.139. The van der Waals surface area contributed by atoms with Gasteiger partial charge in [0.15, 0.2) is 0 Å². The number of pyridine rings is 1. The van der Waals surface area contributed by atoms with Gasteiger partial charge in [-0.05, 0) is 54.3 Å². The Hall–Kier alpha value is -3.03. The van der Waals surface area contributed by atoms with E-state index >= 15 is 0 Å². The van der Waals surface area contributed by atoms with Gasteiger partial charge in [-0.1, -0.05) is 6.07 Å². The van der Waals surface area contributed by atoms with Crippen molar-refractivity contribution in [2.75, 3.05) is 7.11 Å². The summed E-state index contributed by atoms with van der Waals surface area (Å²) in [6.45, 7) is 2.52. The van der Waals surface area contributed by atoms with Gasteiger partial charge in [0.2, 0.25) is 0 Å². The van der Waals surface area contributed by atoms with Gasteiger partial charge >= 0.3 is 6.18 Å². The fourth-order valence-electron chi connectivity index (χ4n) is 3.28. The lowest BCUT2D eigenvalue weighted by Gasteiger charge is -2.16. The number of alkyl halides is 3. The van der Waals surface area contributed by atoms with E-state index in [0.717, 1.165) is 21.3 Å². The van der Waals surface area contributed by atoms with E-state index in [4.69, 9.17) is 10.5 Å². The van der Waals surface area contributed by atoms with E-state index in [1.165, 1.54) is 19.4 Å². The number of methoxy groups -OCH3 is 1. The first-order chi connectivity index (χ1) is 12.6. The number of benzene rings is 1. The van der Waals surface area contributed by atoms with Crippen molar-refractivity contribution in [3.8, 4) is 16.9 Å². The first-order valence-electron chi connectivity index (χ1n) is 8.13. The van der Waals surface area contributed by atoms with E-state index in [2.05, 4.69) is 4.98 Å². The molecule has 2 heterocycles. The number of aromatic nitrogens is 2. The quantitative estimate of drug-likeness (QED) is 0.747. The van der Waals surface area contributed by atoms with Gasteiger partial charge in [0.1, 0.15) is 23.6 Å². The number of aryl methyl sites for hydroxylation is 1. The number of hydrogen-bond acceptors (Lipinski definition) is 3. The number of nitrogens with two attached hydrogens (primary N) is 1. The van der Waals surface area contributed by atoms with E-state index < -0.39 is 18.6 Å². The molecule has 3 rings (SSSR count). The van der Waals surface area contributed by atoms with Crippen LogP contribution in [-0.4, -0.2) is 28.7 Å². The van der Waals surface area contributed by atoms with Crippen molar-refractivity contribution < 1.29 is 22.7 Å². The summed E-state index contributed by atoms with van der Waals surface area (Å²) >= 11 is 0. The number of nitrogens with zero attached hydrogens (tertiary/aromatic N) is 2. The largest absolute Gasteiger partial charge is 0.496 e. The first-order valence-corrected chi connectivity index (χ1v) is 8.13. The minimum absolute atomic E-state index is 0.0558. The molecule has 2 N–H and O–H groups in total. The molecule has 2 aromatic heterocycles. The smallest absolute Gasteiger partial charge is 0.406 e. The van der Waals surface area contributed by atoms with Gasteiger partial charge in [-0.25, -0.2) is 4.98 Å². The van der Waals surface area contributed by atoms with Crippen LogP contribution in [0.1, 0.15) is 21.6 Å². The lowest BCUT2D eigenvalue weighted by atomic mass is 9.93. The zero-order valence-corrected chi connectivity index (χ0v) is 15.0. The second kappa shape index (κ2) is 6.61. The second-order valence-corrected chi connectivity index (χ2v) is 6.30. The summed E-state index contributed by atoms with van der Waals surface area (Å²) < 4.78 is 45.0. The number of carbonyl (C=O) groups excluding carboxylic acids is 1. The highest BCUT2D eigenvalue weighted by atomic mass is 19.4. The molecule has 0 atom stereocenters. The second-order valence-electron chi connectivity index (χ2n) is 6.30. The Morgan fingerprint density at radius 2 is 1.96 bits per heavy atom. The summed E-state index contributed by atoms with van der Waals surface area (Å²) in [4.78, 5) is 15.8. The average molecular weight is 377 g/mol. The summed E-state index contributed by atoms with van der Waals surface area (Å²) in [5, 5.41) is 0.503. The van der Waals surface area contributed by atoms with Crippen molar-refractivity contribution in [1.29, 1.82) is 0 Å². The maximum atomic E-state index is 12.9. The molecule has 0 aliphatic carbocycles. The molecule has 0 fully saturated rings.